The molecule has 3 nitrogen and oxygen atoms in total. The van der Waals surface area contributed by atoms with Gasteiger partial charge in [0, 0.05) is 31.3 Å². The Bertz CT molecular complexity index is 202. The Hall–Kier alpha value is -0.120. The summed E-state index contributed by atoms with van der Waals surface area (Å²) in [7, 11) is 0. The van der Waals surface area contributed by atoms with Gasteiger partial charge < -0.3 is 10.5 Å². The summed E-state index contributed by atoms with van der Waals surface area (Å²) >= 11 is 0. The standard InChI is InChI=1S/C12H24N2O/c1-12(2,13)9-14(11-3-4-11)7-10-5-6-15-8-10/h10-11H,3-9,13H2,1-2H3. The quantitative estimate of drug-likeness (QED) is 0.745. The second-order valence-electron chi connectivity index (χ2n) is 5.88. The zero-order valence-electron chi connectivity index (χ0n) is 10.0. The van der Waals surface area contributed by atoms with E-state index in [9.17, 15) is 0 Å². The van der Waals surface area contributed by atoms with Gasteiger partial charge in [-0.2, -0.15) is 0 Å². The van der Waals surface area contributed by atoms with Crippen LogP contribution in [0.3, 0.4) is 0 Å². The molecule has 1 saturated heterocycles. The zero-order chi connectivity index (χ0) is 10.9. The molecule has 0 aromatic carbocycles. The summed E-state index contributed by atoms with van der Waals surface area (Å²) in [6.45, 7) is 8.35. The molecule has 2 N–H and O–H groups in total. The maximum Gasteiger partial charge on any atom is 0.0507 e. The van der Waals surface area contributed by atoms with Crippen molar-refractivity contribution in [1.29, 1.82) is 0 Å². The van der Waals surface area contributed by atoms with Crippen LogP contribution in [0.5, 0.6) is 0 Å². The Labute approximate surface area is 93.0 Å². The fraction of sp³-hybridized carbons (Fsp3) is 1.00. The number of nitrogens with zero attached hydrogens (tertiary/aromatic N) is 1. The first-order chi connectivity index (χ1) is 7.04. The van der Waals surface area contributed by atoms with Crippen LogP contribution in [0.25, 0.3) is 0 Å². The second kappa shape index (κ2) is 4.40. The van der Waals surface area contributed by atoms with Crippen molar-refractivity contribution >= 4 is 0 Å². The van der Waals surface area contributed by atoms with Crippen LogP contribution in [0.4, 0.5) is 0 Å². The molecule has 2 rings (SSSR count). The van der Waals surface area contributed by atoms with Crippen molar-refractivity contribution < 1.29 is 4.74 Å². The van der Waals surface area contributed by atoms with Crippen molar-refractivity contribution in [3.8, 4) is 0 Å². The van der Waals surface area contributed by atoms with Crippen LogP contribution in [-0.2, 0) is 4.74 Å². The van der Waals surface area contributed by atoms with E-state index in [0.29, 0.717) is 0 Å². The first-order valence-corrected chi connectivity index (χ1v) is 6.15. The van der Waals surface area contributed by atoms with E-state index >= 15 is 0 Å². The van der Waals surface area contributed by atoms with Crippen LogP contribution in [0.2, 0.25) is 0 Å². The summed E-state index contributed by atoms with van der Waals surface area (Å²) in [5, 5.41) is 0. The molecule has 15 heavy (non-hydrogen) atoms. The fourth-order valence-corrected chi connectivity index (χ4v) is 2.36. The molecule has 1 unspecified atom stereocenters. The molecule has 0 radical (unpaired) electrons. The van der Waals surface area contributed by atoms with Crippen LogP contribution in [0, 0.1) is 5.92 Å². The van der Waals surface area contributed by atoms with Crippen LogP contribution < -0.4 is 5.73 Å². The molecule has 1 heterocycles. The normalized spacial score (nSPS) is 27.6. The van der Waals surface area contributed by atoms with Gasteiger partial charge in [-0.05, 0) is 39.0 Å². The Morgan fingerprint density at radius 1 is 1.33 bits per heavy atom. The van der Waals surface area contributed by atoms with E-state index in [1.807, 2.05) is 0 Å². The third kappa shape index (κ3) is 3.74. The lowest BCUT2D eigenvalue weighted by molar-refractivity contribution is 0.152. The zero-order valence-corrected chi connectivity index (χ0v) is 10.0. The minimum atomic E-state index is -0.0674. The highest BCUT2D eigenvalue weighted by atomic mass is 16.5. The average Bonchev–Trinajstić information content (AvgIpc) is 2.83. The van der Waals surface area contributed by atoms with E-state index in [2.05, 4.69) is 18.7 Å². The largest absolute Gasteiger partial charge is 0.381 e. The summed E-state index contributed by atoms with van der Waals surface area (Å²) in [5.41, 5.74) is 6.04. The summed E-state index contributed by atoms with van der Waals surface area (Å²) < 4.78 is 5.43. The molecule has 88 valence electrons. The Kier molecular flexibility index (Phi) is 3.33. The van der Waals surface area contributed by atoms with Crippen LogP contribution >= 0.6 is 0 Å². The first-order valence-electron chi connectivity index (χ1n) is 6.15. The molecule has 1 saturated carbocycles. The van der Waals surface area contributed by atoms with Crippen molar-refractivity contribution in [3.63, 3.8) is 0 Å². The summed E-state index contributed by atoms with van der Waals surface area (Å²) in [4.78, 5) is 2.58. The van der Waals surface area contributed by atoms with Gasteiger partial charge in [0.15, 0.2) is 0 Å². The van der Waals surface area contributed by atoms with E-state index < -0.39 is 0 Å². The summed E-state index contributed by atoms with van der Waals surface area (Å²) in [5.74, 6) is 0.743. The maximum absolute atomic E-state index is 6.10. The van der Waals surface area contributed by atoms with Crippen LogP contribution in [0.1, 0.15) is 33.1 Å². The Balaban J connectivity index is 1.82. The second-order valence-corrected chi connectivity index (χ2v) is 5.88. The lowest BCUT2D eigenvalue weighted by Gasteiger charge is -2.31. The Morgan fingerprint density at radius 2 is 2.07 bits per heavy atom. The van der Waals surface area contributed by atoms with E-state index in [-0.39, 0.29) is 5.54 Å². The van der Waals surface area contributed by atoms with Crippen LogP contribution in [0.15, 0.2) is 0 Å². The van der Waals surface area contributed by atoms with Crippen molar-refractivity contribution in [1.82, 2.24) is 4.90 Å². The molecule has 0 aromatic heterocycles. The number of ether oxygens (including phenoxy) is 1. The smallest absolute Gasteiger partial charge is 0.0507 e. The number of rotatable bonds is 5. The first kappa shape index (κ1) is 11.4. The lowest BCUT2D eigenvalue weighted by Crippen LogP contribution is -2.47. The third-order valence-corrected chi connectivity index (χ3v) is 3.19. The molecule has 2 fully saturated rings. The molecule has 2 aliphatic rings. The van der Waals surface area contributed by atoms with Gasteiger partial charge in [0.1, 0.15) is 0 Å². The molecule has 1 aliphatic heterocycles. The van der Waals surface area contributed by atoms with Gasteiger partial charge in [0.05, 0.1) is 6.61 Å². The van der Waals surface area contributed by atoms with Crippen molar-refractivity contribution in [2.45, 2.75) is 44.7 Å². The number of hydrogen-bond acceptors (Lipinski definition) is 3. The lowest BCUT2D eigenvalue weighted by atomic mass is 10.0. The molecule has 1 aliphatic carbocycles. The number of nitrogens with two attached hydrogens (primary N) is 1. The fourth-order valence-electron chi connectivity index (χ4n) is 2.36. The summed E-state index contributed by atoms with van der Waals surface area (Å²) in [6.07, 6.45) is 3.96. The van der Waals surface area contributed by atoms with E-state index in [1.54, 1.807) is 0 Å². The monoisotopic (exact) mass is 212 g/mol. The number of hydrogen-bond donors (Lipinski definition) is 1. The van der Waals surface area contributed by atoms with Crippen molar-refractivity contribution in [3.05, 3.63) is 0 Å². The summed E-state index contributed by atoms with van der Waals surface area (Å²) in [6, 6.07) is 0.813. The Morgan fingerprint density at radius 3 is 2.53 bits per heavy atom. The molecule has 0 bridgehead atoms. The molecule has 3 heteroatoms. The molecule has 0 spiro atoms. The highest BCUT2D eigenvalue weighted by Crippen LogP contribution is 2.29. The molecular weight excluding hydrogens is 188 g/mol. The minimum absolute atomic E-state index is 0.0674. The van der Waals surface area contributed by atoms with E-state index in [0.717, 1.165) is 31.7 Å². The average molecular weight is 212 g/mol. The van der Waals surface area contributed by atoms with Gasteiger partial charge in [-0.3, -0.25) is 4.90 Å². The molecule has 0 amide bonds. The third-order valence-electron chi connectivity index (χ3n) is 3.19. The van der Waals surface area contributed by atoms with Gasteiger partial charge in [0.25, 0.3) is 0 Å². The highest BCUT2D eigenvalue weighted by molar-refractivity contribution is 4.90. The molecular formula is C12H24N2O. The highest BCUT2D eigenvalue weighted by Gasteiger charge is 2.33. The van der Waals surface area contributed by atoms with Crippen molar-refractivity contribution in [2.75, 3.05) is 26.3 Å². The topological polar surface area (TPSA) is 38.5 Å². The van der Waals surface area contributed by atoms with E-state index in [4.69, 9.17) is 10.5 Å². The van der Waals surface area contributed by atoms with Gasteiger partial charge in [-0.25, -0.2) is 0 Å². The van der Waals surface area contributed by atoms with Gasteiger partial charge in [-0.15, -0.1) is 0 Å². The van der Waals surface area contributed by atoms with Gasteiger partial charge in [-0.1, -0.05) is 0 Å². The van der Waals surface area contributed by atoms with Gasteiger partial charge in [0.2, 0.25) is 0 Å². The molecule has 1 atom stereocenters. The molecule has 0 aromatic rings. The van der Waals surface area contributed by atoms with Gasteiger partial charge >= 0.3 is 0 Å². The predicted molar refractivity (Wildman–Crippen MR) is 61.8 cm³/mol. The minimum Gasteiger partial charge on any atom is -0.381 e. The predicted octanol–water partition coefficient (Wildman–Crippen LogP) is 1.22. The van der Waals surface area contributed by atoms with Crippen molar-refractivity contribution in [2.24, 2.45) is 11.7 Å². The SMILES string of the molecule is CC(C)(N)CN(CC1CCOC1)C1CC1. The van der Waals surface area contributed by atoms with Crippen LogP contribution in [-0.4, -0.2) is 42.8 Å². The maximum atomic E-state index is 6.10. The van der Waals surface area contributed by atoms with E-state index in [1.165, 1.54) is 25.8 Å².